The van der Waals surface area contributed by atoms with Gasteiger partial charge in [-0.15, -0.1) is 0 Å². The Balaban J connectivity index is 1.61. The minimum Gasteiger partial charge on any atom is -0.366 e. The van der Waals surface area contributed by atoms with E-state index >= 15 is 4.39 Å². The molecule has 7 nitrogen and oxygen atoms in total. The van der Waals surface area contributed by atoms with E-state index in [1.54, 1.807) is 24.1 Å². The number of aromatic nitrogens is 3. The van der Waals surface area contributed by atoms with Crippen LogP contribution >= 0.6 is 0 Å². The molecule has 3 heterocycles. The van der Waals surface area contributed by atoms with Crippen molar-refractivity contribution in [3.05, 3.63) is 58.6 Å². The number of aryl methyl sites for hydroxylation is 1. The molecule has 1 amide bonds. The molecule has 5 rings (SSSR count). The van der Waals surface area contributed by atoms with Gasteiger partial charge in [0.2, 0.25) is 5.91 Å². The summed E-state index contributed by atoms with van der Waals surface area (Å²) in [5.74, 6) is 0.0713. The zero-order valence-electron chi connectivity index (χ0n) is 18.1. The molecule has 0 spiro atoms. The van der Waals surface area contributed by atoms with E-state index in [4.69, 9.17) is 0 Å². The Morgan fingerprint density at radius 1 is 1.16 bits per heavy atom. The number of carbonyl (C=O) groups is 1. The number of H-pyrrole nitrogens is 1. The molecule has 1 aliphatic heterocycles. The van der Waals surface area contributed by atoms with Crippen molar-refractivity contribution in [2.24, 2.45) is 0 Å². The van der Waals surface area contributed by atoms with E-state index in [1.165, 1.54) is 6.07 Å². The minimum absolute atomic E-state index is 0.0292. The largest absolute Gasteiger partial charge is 0.366 e. The third-order valence-corrected chi connectivity index (χ3v) is 6.20. The number of benzene rings is 2. The zero-order chi connectivity index (χ0) is 22.4. The smallest absolute Gasteiger partial charge is 0.219 e. The summed E-state index contributed by atoms with van der Waals surface area (Å²) in [4.78, 5) is 36.4. The van der Waals surface area contributed by atoms with Crippen LogP contribution in [-0.2, 0) is 11.3 Å². The minimum atomic E-state index is -0.435. The number of imidazole rings is 1. The Bertz CT molecular complexity index is 1370. The van der Waals surface area contributed by atoms with Crippen LogP contribution in [0.1, 0.15) is 13.8 Å². The van der Waals surface area contributed by atoms with E-state index in [9.17, 15) is 9.59 Å². The van der Waals surface area contributed by atoms with E-state index < -0.39 is 5.82 Å². The van der Waals surface area contributed by atoms with Gasteiger partial charge in [0.05, 0.1) is 27.8 Å². The van der Waals surface area contributed by atoms with Crippen molar-refractivity contribution in [2.45, 2.75) is 20.4 Å². The highest BCUT2D eigenvalue weighted by Gasteiger charge is 2.23. The van der Waals surface area contributed by atoms with Crippen LogP contribution < -0.4 is 10.3 Å². The van der Waals surface area contributed by atoms with Crippen LogP contribution in [-0.4, -0.2) is 51.5 Å². The van der Waals surface area contributed by atoms with Crippen molar-refractivity contribution in [3.63, 3.8) is 0 Å². The number of para-hydroxylation sites is 2. The Morgan fingerprint density at radius 3 is 2.59 bits per heavy atom. The third-order valence-electron chi connectivity index (χ3n) is 6.20. The standard InChI is InChI=1S/C24H24FN5O2/c1-3-28-14-17(24-26-19-6-4-5-7-20(19)27-24)23(32)16-12-18(25)22(13-21(16)28)30-10-8-29(9-11-30)15(2)31/h4-7,12-14H,3,8-11H2,1-2H3,(H,26,27). The van der Waals surface area contributed by atoms with E-state index in [0.29, 0.717) is 60.7 Å². The Labute approximate surface area is 184 Å². The van der Waals surface area contributed by atoms with Crippen molar-refractivity contribution in [1.82, 2.24) is 19.4 Å². The number of anilines is 1. The van der Waals surface area contributed by atoms with Gasteiger partial charge >= 0.3 is 0 Å². The van der Waals surface area contributed by atoms with Crippen molar-refractivity contribution in [1.29, 1.82) is 0 Å². The maximum Gasteiger partial charge on any atom is 0.219 e. The Hall–Kier alpha value is -3.68. The SMILES string of the molecule is CCn1cc(-c2nc3ccccc3[nH]2)c(=O)c2cc(F)c(N3CCN(C(C)=O)CC3)cc21. The molecule has 2 aromatic carbocycles. The number of hydrogen-bond acceptors (Lipinski definition) is 4. The second-order valence-electron chi connectivity index (χ2n) is 8.07. The van der Waals surface area contributed by atoms with E-state index in [0.717, 1.165) is 11.0 Å². The normalized spacial score (nSPS) is 14.5. The molecule has 0 bridgehead atoms. The van der Waals surface area contributed by atoms with Gasteiger partial charge in [-0.25, -0.2) is 9.37 Å². The first-order valence-electron chi connectivity index (χ1n) is 10.8. The van der Waals surface area contributed by atoms with Crippen molar-refractivity contribution < 1.29 is 9.18 Å². The van der Waals surface area contributed by atoms with Gasteiger partial charge in [0.15, 0.2) is 5.43 Å². The lowest BCUT2D eigenvalue weighted by molar-refractivity contribution is -0.129. The molecule has 1 saturated heterocycles. The van der Waals surface area contributed by atoms with Crippen molar-refractivity contribution >= 4 is 33.5 Å². The number of nitrogens with zero attached hydrogens (tertiary/aromatic N) is 4. The number of nitrogens with one attached hydrogen (secondary N) is 1. The van der Waals surface area contributed by atoms with Gasteiger partial charge in [-0.1, -0.05) is 12.1 Å². The van der Waals surface area contributed by atoms with E-state index in [-0.39, 0.29) is 11.3 Å². The average molecular weight is 433 g/mol. The van der Waals surface area contributed by atoms with Crippen LogP contribution in [0.4, 0.5) is 10.1 Å². The summed E-state index contributed by atoms with van der Waals surface area (Å²) in [6.45, 7) is 6.36. The molecular weight excluding hydrogens is 409 g/mol. The highest BCUT2D eigenvalue weighted by molar-refractivity contribution is 5.88. The molecule has 164 valence electrons. The number of piperazine rings is 1. The van der Waals surface area contributed by atoms with Gasteiger partial charge in [-0.2, -0.15) is 0 Å². The fourth-order valence-electron chi connectivity index (χ4n) is 4.41. The number of rotatable bonds is 3. The summed E-state index contributed by atoms with van der Waals surface area (Å²) >= 11 is 0. The Morgan fingerprint density at radius 2 is 1.91 bits per heavy atom. The van der Waals surface area contributed by atoms with Crippen LogP contribution in [0.15, 0.2) is 47.4 Å². The van der Waals surface area contributed by atoms with Gasteiger partial charge in [0.25, 0.3) is 0 Å². The molecule has 1 N–H and O–H groups in total. The maximum atomic E-state index is 15.2. The van der Waals surface area contributed by atoms with Gasteiger partial charge < -0.3 is 19.4 Å². The quantitative estimate of drug-likeness (QED) is 0.538. The first-order chi connectivity index (χ1) is 15.5. The van der Waals surface area contributed by atoms with Crippen LogP contribution in [0.2, 0.25) is 0 Å². The predicted molar refractivity (Wildman–Crippen MR) is 123 cm³/mol. The molecular formula is C24H24FN5O2. The van der Waals surface area contributed by atoms with Crippen LogP contribution in [0.5, 0.6) is 0 Å². The highest BCUT2D eigenvalue weighted by atomic mass is 19.1. The summed E-state index contributed by atoms with van der Waals surface area (Å²) < 4.78 is 17.1. The molecule has 2 aromatic heterocycles. The molecule has 0 unspecified atom stereocenters. The molecule has 0 aliphatic carbocycles. The van der Waals surface area contributed by atoms with Crippen molar-refractivity contribution in [2.75, 3.05) is 31.1 Å². The Kier molecular flexibility index (Phi) is 4.92. The predicted octanol–water partition coefficient (Wildman–Crippen LogP) is 3.37. The molecule has 0 atom stereocenters. The molecule has 8 heteroatoms. The summed E-state index contributed by atoms with van der Waals surface area (Å²) in [6.07, 6.45) is 1.79. The van der Waals surface area contributed by atoms with Crippen molar-refractivity contribution in [3.8, 4) is 11.4 Å². The lowest BCUT2D eigenvalue weighted by atomic mass is 10.1. The van der Waals surface area contributed by atoms with Crippen LogP contribution in [0.3, 0.4) is 0 Å². The first kappa shape index (κ1) is 20.2. The molecule has 1 fully saturated rings. The first-order valence-corrected chi connectivity index (χ1v) is 10.8. The van der Waals surface area contributed by atoms with Crippen LogP contribution in [0, 0.1) is 5.82 Å². The molecule has 1 aliphatic rings. The van der Waals surface area contributed by atoms with E-state index in [2.05, 4.69) is 9.97 Å². The van der Waals surface area contributed by atoms with Crippen LogP contribution in [0.25, 0.3) is 33.3 Å². The molecule has 0 radical (unpaired) electrons. The molecule has 32 heavy (non-hydrogen) atoms. The lowest BCUT2D eigenvalue weighted by Gasteiger charge is -2.36. The maximum absolute atomic E-state index is 15.2. The summed E-state index contributed by atoms with van der Waals surface area (Å²) in [7, 11) is 0. The summed E-state index contributed by atoms with van der Waals surface area (Å²) in [6, 6.07) is 10.7. The number of hydrogen-bond donors (Lipinski definition) is 1. The number of carbonyl (C=O) groups excluding carboxylic acids is 1. The monoisotopic (exact) mass is 433 g/mol. The summed E-state index contributed by atoms with van der Waals surface area (Å²) in [5.41, 5.74) is 2.92. The molecule has 0 saturated carbocycles. The number of aromatic amines is 1. The van der Waals surface area contributed by atoms with Gasteiger partial charge in [0.1, 0.15) is 11.6 Å². The van der Waals surface area contributed by atoms with Gasteiger partial charge in [-0.05, 0) is 31.2 Å². The molecule has 4 aromatic rings. The number of amides is 1. The number of halogens is 1. The second kappa shape index (κ2) is 7.78. The third kappa shape index (κ3) is 3.32. The fourth-order valence-corrected chi connectivity index (χ4v) is 4.41. The highest BCUT2D eigenvalue weighted by Crippen LogP contribution is 2.28. The number of pyridine rings is 1. The van der Waals surface area contributed by atoms with Gasteiger partial charge in [-0.3, -0.25) is 9.59 Å². The second-order valence-corrected chi connectivity index (χ2v) is 8.07. The van der Waals surface area contributed by atoms with Gasteiger partial charge in [0, 0.05) is 51.2 Å². The average Bonchev–Trinajstić information content (AvgIpc) is 3.23. The van der Waals surface area contributed by atoms with E-state index in [1.807, 2.05) is 40.7 Å². The topological polar surface area (TPSA) is 74.2 Å². The fraction of sp³-hybridized carbons (Fsp3) is 0.292. The summed E-state index contributed by atoms with van der Waals surface area (Å²) in [5, 5.41) is 0.327. The lowest BCUT2D eigenvalue weighted by Crippen LogP contribution is -2.48. The number of fused-ring (bicyclic) bond motifs is 2. The zero-order valence-corrected chi connectivity index (χ0v) is 18.1.